The van der Waals surface area contributed by atoms with Gasteiger partial charge in [0.25, 0.3) is 0 Å². The number of nitrogen functional groups attached to an aromatic ring is 1. The van der Waals surface area contributed by atoms with Gasteiger partial charge in [-0.3, -0.25) is 4.90 Å². The third-order valence-corrected chi connectivity index (χ3v) is 6.19. The number of carboxylic acid groups (broad SMARTS) is 1. The molecule has 1 amide bonds. The summed E-state index contributed by atoms with van der Waals surface area (Å²) >= 11 is 0. The number of pyridine rings is 1. The van der Waals surface area contributed by atoms with E-state index in [9.17, 15) is 9.90 Å². The summed E-state index contributed by atoms with van der Waals surface area (Å²) in [5.41, 5.74) is 10.6. The van der Waals surface area contributed by atoms with E-state index in [-0.39, 0.29) is 0 Å². The second-order valence-corrected chi connectivity index (χ2v) is 9.79. The zero-order chi connectivity index (χ0) is 24.5. The number of hydrogen-bond donors (Lipinski definition) is 2. The van der Waals surface area contributed by atoms with Gasteiger partial charge in [-0.1, -0.05) is 55.8 Å². The van der Waals surface area contributed by atoms with Crippen LogP contribution in [0.15, 0.2) is 48.5 Å². The number of benzene rings is 2. The predicted octanol–water partition coefficient (Wildman–Crippen LogP) is 5.84. The number of aryl methyl sites for hydroxylation is 1. The normalized spacial score (nSPS) is 11.9. The number of carbonyl (C=O) groups is 1. The zero-order valence-electron chi connectivity index (χ0n) is 20.4. The molecule has 2 aromatic carbocycles. The van der Waals surface area contributed by atoms with Gasteiger partial charge in [-0.15, -0.1) is 0 Å². The molecule has 178 valence electrons. The van der Waals surface area contributed by atoms with Crippen molar-refractivity contribution >= 4 is 33.8 Å². The summed E-state index contributed by atoms with van der Waals surface area (Å²) in [7, 11) is 0. The van der Waals surface area contributed by atoms with Gasteiger partial charge < -0.3 is 15.4 Å². The van der Waals surface area contributed by atoms with E-state index in [1.807, 2.05) is 51.1 Å². The van der Waals surface area contributed by atoms with Gasteiger partial charge in [-0.05, 0) is 44.4 Å². The van der Waals surface area contributed by atoms with Crippen LogP contribution in [-0.2, 0) is 19.5 Å². The van der Waals surface area contributed by atoms with E-state index in [1.165, 1.54) is 4.90 Å². The Labute approximate surface area is 200 Å². The number of aromatic nitrogens is 3. The van der Waals surface area contributed by atoms with Crippen LogP contribution in [0.2, 0.25) is 0 Å². The number of anilines is 1. The van der Waals surface area contributed by atoms with Gasteiger partial charge in [0.05, 0.1) is 11.0 Å². The number of hydrogen-bond acceptors (Lipinski definition) is 4. The smallest absolute Gasteiger partial charge is 0.408 e. The van der Waals surface area contributed by atoms with Crippen molar-refractivity contribution in [3.63, 3.8) is 0 Å². The first-order valence-corrected chi connectivity index (χ1v) is 11.8. The molecule has 7 nitrogen and oxygen atoms in total. The molecule has 0 saturated heterocycles. The molecule has 34 heavy (non-hydrogen) atoms. The number of fused-ring (bicyclic) bond motifs is 3. The molecule has 4 rings (SSSR count). The first kappa shape index (κ1) is 23.5. The Bertz CT molecular complexity index is 1320. The minimum absolute atomic E-state index is 0.349. The number of nitrogens with two attached hydrogens (primary N) is 1. The van der Waals surface area contributed by atoms with Crippen LogP contribution >= 0.6 is 0 Å². The van der Waals surface area contributed by atoms with Crippen LogP contribution in [0.3, 0.4) is 0 Å². The van der Waals surface area contributed by atoms with Crippen molar-refractivity contribution in [3.05, 3.63) is 65.5 Å². The molecule has 7 heteroatoms. The minimum Gasteiger partial charge on any atom is -0.465 e. The lowest BCUT2D eigenvalue weighted by Crippen LogP contribution is -2.44. The van der Waals surface area contributed by atoms with E-state index in [0.29, 0.717) is 18.9 Å². The van der Waals surface area contributed by atoms with Crippen LogP contribution < -0.4 is 5.73 Å². The number of rotatable bonds is 7. The van der Waals surface area contributed by atoms with Crippen LogP contribution in [-0.4, -0.2) is 36.2 Å². The number of imidazole rings is 1. The van der Waals surface area contributed by atoms with Gasteiger partial charge in [-0.2, -0.15) is 0 Å². The van der Waals surface area contributed by atoms with Gasteiger partial charge in [0.1, 0.15) is 11.3 Å². The number of amides is 1. The highest BCUT2D eigenvalue weighted by Crippen LogP contribution is 2.30. The van der Waals surface area contributed by atoms with Crippen molar-refractivity contribution < 1.29 is 9.90 Å². The van der Waals surface area contributed by atoms with Crippen molar-refractivity contribution in [1.82, 2.24) is 19.4 Å². The summed E-state index contributed by atoms with van der Waals surface area (Å²) < 4.78 is 2.26. The first-order valence-electron chi connectivity index (χ1n) is 11.8. The molecule has 0 unspecified atom stereocenters. The molecule has 0 spiro atoms. The highest BCUT2D eigenvalue weighted by molar-refractivity contribution is 6.06. The zero-order valence-corrected chi connectivity index (χ0v) is 20.4. The molecule has 0 aliphatic rings. The molecular formula is C27H33N5O2. The monoisotopic (exact) mass is 459 g/mol. The number of unbranched alkanes of at least 4 members (excludes halogenated alkanes) is 1. The highest BCUT2D eigenvalue weighted by Gasteiger charge is 2.26. The van der Waals surface area contributed by atoms with Gasteiger partial charge in [0, 0.05) is 30.4 Å². The lowest BCUT2D eigenvalue weighted by atomic mass is 10.0. The van der Waals surface area contributed by atoms with Crippen molar-refractivity contribution in [1.29, 1.82) is 0 Å². The Kier molecular flexibility index (Phi) is 6.46. The summed E-state index contributed by atoms with van der Waals surface area (Å²) in [6, 6.07) is 16.2. The van der Waals surface area contributed by atoms with E-state index < -0.39 is 11.6 Å². The van der Waals surface area contributed by atoms with E-state index in [1.54, 1.807) is 0 Å². The molecular weight excluding hydrogens is 426 g/mol. The predicted molar refractivity (Wildman–Crippen MR) is 137 cm³/mol. The van der Waals surface area contributed by atoms with Crippen molar-refractivity contribution in [3.8, 4) is 0 Å². The second kappa shape index (κ2) is 9.33. The van der Waals surface area contributed by atoms with Crippen molar-refractivity contribution in [2.45, 2.75) is 65.6 Å². The minimum atomic E-state index is -0.917. The highest BCUT2D eigenvalue weighted by atomic mass is 16.4. The van der Waals surface area contributed by atoms with Crippen LogP contribution in [0.1, 0.15) is 57.5 Å². The quantitative estimate of drug-likeness (QED) is 0.362. The molecule has 0 bridgehead atoms. The number of nitrogens with zero attached hydrogens (tertiary/aromatic N) is 4. The summed E-state index contributed by atoms with van der Waals surface area (Å²) in [6.45, 7) is 8.90. The van der Waals surface area contributed by atoms with Gasteiger partial charge in [-0.25, -0.2) is 14.8 Å². The van der Waals surface area contributed by atoms with E-state index in [4.69, 9.17) is 10.7 Å². The van der Waals surface area contributed by atoms with Gasteiger partial charge in [0.2, 0.25) is 0 Å². The fourth-order valence-electron chi connectivity index (χ4n) is 4.31. The summed E-state index contributed by atoms with van der Waals surface area (Å²) in [4.78, 5) is 22.6. The average molecular weight is 460 g/mol. The molecule has 0 aliphatic carbocycles. The van der Waals surface area contributed by atoms with Crippen LogP contribution in [0.5, 0.6) is 0 Å². The molecule has 2 aromatic heterocycles. The molecule has 2 heterocycles. The van der Waals surface area contributed by atoms with Crippen LogP contribution in [0, 0.1) is 0 Å². The van der Waals surface area contributed by atoms with E-state index in [0.717, 1.165) is 58.2 Å². The second-order valence-electron chi connectivity index (χ2n) is 9.79. The lowest BCUT2D eigenvalue weighted by Gasteiger charge is -2.33. The van der Waals surface area contributed by atoms with Crippen LogP contribution in [0.25, 0.3) is 21.9 Å². The first-order chi connectivity index (χ1) is 16.2. The van der Waals surface area contributed by atoms with E-state index in [2.05, 4.69) is 34.7 Å². The third-order valence-electron chi connectivity index (χ3n) is 6.19. The molecule has 0 fully saturated rings. The summed E-state index contributed by atoms with van der Waals surface area (Å²) in [5, 5.41) is 10.6. The van der Waals surface area contributed by atoms with E-state index >= 15 is 0 Å². The van der Waals surface area contributed by atoms with Crippen molar-refractivity contribution in [2.75, 3.05) is 5.73 Å². The SMILES string of the molecule is CCCCc1nc2c(N)nc3ccccc3c2n1Cc1ccc(CN(C(=O)O)C(C)(C)C)cc1. The Morgan fingerprint density at radius 2 is 1.74 bits per heavy atom. The molecule has 0 atom stereocenters. The van der Waals surface area contributed by atoms with Crippen LogP contribution in [0.4, 0.5) is 10.6 Å². The maximum absolute atomic E-state index is 11.7. The summed E-state index contributed by atoms with van der Waals surface area (Å²) in [5.74, 6) is 1.46. The molecule has 0 aliphatic heterocycles. The maximum Gasteiger partial charge on any atom is 0.408 e. The molecule has 4 aromatic rings. The van der Waals surface area contributed by atoms with Gasteiger partial charge >= 0.3 is 6.09 Å². The Hall–Kier alpha value is -3.61. The summed E-state index contributed by atoms with van der Waals surface area (Å²) in [6.07, 6.45) is 2.09. The molecule has 0 radical (unpaired) electrons. The fraction of sp³-hybridized carbons (Fsp3) is 0.370. The standard InChI is InChI=1S/C27H33N5O2/c1-5-6-11-22-30-23-24(20-9-7-8-10-21(20)29-25(23)28)31(22)16-18-12-14-19(15-13-18)17-32(26(33)34)27(2,3)4/h7-10,12-15H,5-6,11,16-17H2,1-4H3,(H2,28,29)(H,33,34). The third kappa shape index (κ3) is 4.69. The average Bonchev–Trinajstić information content (AvgIpc) is 3.15. The molecule has 0 saturated carbocycles. The number of para-hydroxylation sites is 1. The Morgan fingerprint density at radius 3 is 2.38 bits per heavy atom. The lowest BCUT2D eigenvalue weighted by molar-refractivity contribution is 0.0955. The topological polar surface area (TPSA) is 97.3 Å². The Morgan fingerprint density at radius 1 is 1.06 bits per heavy atom. The molecule has 3 N–H and O–H groups in total. The maximum atomic E-state index is 11.7. The Balaban J connectivity index is 1.72. The van der Waals surface area contributed by atoms with Crippen molar-refractivity contribution in [2.24, 2.45) is 0 Å². The largest absolute Gasteiger partial charge is 0.465 e. The fourth-order valence-corrected chi connectivity index (χ4v) is 4.31. The van der Waals surface area contributed by atoms with Gasteiger partial charge in [0.15, 0.2) is 5.82 Å².